The molecule has 0 fully saturated rings. The number of aryl methyl sites for hydroxylation is 3. The summed E-state index contributed by atoms with van der Waals surface area (Å²) in [4.78, 5) is 11.9. The number of carbonyl (C=O) groups is 1. The van der Waals surface area contributed by atoms with Crippen LogP contribution in [0.3, 0.4) is 0 Å². The fraction of sp³-hybridized carbons (Fsp3) is 0.267. The third-order valence-electron chi connectivity index (χ3n) is 2.87. The van der Waals surface area contributed by atoms with Gasteiger partial charge in [0.15, 0.2) is 6.61 Å². The second-order valence-corrected chi connectivity index (χ2v) is 4.69. The van der Waals surface area contributed by atoms with E-state index in [2.05, 4.69) is 15.5 Å². The lowest BCUT2D eigenvalue weighted by Gasteiger charge is -2.13. The molecule has 0 atom stereocenters. The van der Waals surface area contributed by atoms with Crippen LogP contribution < -0.4 is 10.1 Å². The summed E-state index contributed by atoms with van der Waals surface area (Å²) < 4.78 is 5.33. The van der Waals surface area contributed by atoms with Crippen molar-refractivity contribution in [3.8, 4) is 5.75 Å². The maximum Gasteiger partial charge on any atom is 0.262 e. The van der Waals surface area contributed by atoms with Gasteiger partial charge in [-0.2, -0.15) is 10.2 Å². The molecule has 5 heteroatoms. The zero-order chi connectivity index (χ0) is 14.5. The van der Waals surface area contributed by atoms with Gasteiger partial charge in [0.2, 0.25) is 0 Å². The second-order valence-electron chi connectivity index (χ2n) is 4.69. The topological polar surface area (TPSA) is 64.1 Å². The molecule has 1 aromatic heterocycles. The molecule has 0 unspecified atom stereocenters. The first kappa shape index (κ1) is 14.0. The first-order valence-electron chi connectivity index (χ1n) is 6.33. The number of anilines is 1. The molecular formula is C15H17N3O2. The third-order valence-corrected chi connectivity index (χ3v) is 2.87. The van der Waals surface area contributed by atoms with Crippen LogP contribution in [0.25, 0.3) is 0 Å². The third kappa shape index (κ3) is 3.54. The number of rotatable bonds is 4. The number of hydrogen-bond donors (Lipinski definition) is 1. The molecular weight excluding hydrogens is 254 g/mol. The highest BCUT2D eigenvalue weighted by molar-refractivity contribution is 5.93. The van der Waals surface area contributed by atoms with Crippen LogP contribution in [-0.4, -0.2) is 22.7 Å². The van der Waals surface area contributed by atoms with Crippen molar-refractivity contribution in [2.45, 2.75) is 20.8 Å². The molecule has 1 aromatic carbocycles. The fourth-order valence-electron chi connectivity index (χ4n) is 2.07. The molecule has 0 aliphatic heterocycles. The van der Waals surface area contributed by atoms with Crippen LogP contribution in [0.2, 0.25) is 0 Å². The molecule has 0 radical (unpaired) electrons. The molecule has 20 heavy (non-hydrogen) atoms. The molecule has 104 valence electrons. The Kier molecular flexibility index (Phi) is 4.30. The van der Waals surface area contributed by atoms with E-state index in [1.165, 1.54) is 18.0 Å². The largest absolute Gasteiger partial charge is 0.482 e. The van der Waals surface area contributed by atoms with Crippen molar-refractivity contribution in [2.75, 3.05) is 11.9 Å². The lowest BCUT2D eigenvalue weighted by Crippen LogP contribution is -2.21. The van der Waals surface area contributed by atoms with Crippen molar-refractivity contribution in [3.05, 3.63) is 47.3 Å². The van der Waals surface area contributed by atoms with Crippen molar-refractivity contribution in [1.82, 2.24) is 10.2 Å². The van der Waals surface area contributed by atoms with Crippen molar-refractivity contribution < 1.29 is 9.53 Å². The van der Waals surface area contributed by atoms with Gasteiger partial charge in [-0.15, -0.1) is 0 Å². The van der Waals surface area contributed by atoms with E-state index in [0.29, 0.717) is 5.75 Å². The number of hydrogen-bond acceptors (Lipinski definition) is 4. The summed E-state index contributed by atoms with van der Waals surface area (Å²) in [6.07, 6.45) is 2.98. The highest BCUT2D eigenvalue weighted by Crippen LogP contribution is 2.21. The summed E-state index contributed by atoms with van der Waals surface area (Å²) in [5.74, 6) is 0.323. The lowest BCUT2D eigenvalue weighted by atomic mass is 10.1. The summed E-state index contributed by atoms with van der Waals surface area (Å²) >= 11 is 0. The average Bonchev–Trinajstić information content (AvgIpc) is 2.42. The summed E-state index contributed by atoms with van der Waals surface area (Å²) in [5.41, 5.74) is 4.11. The Balaban J connectivity index is 1.98. The molecule has 1 amide bonds. The molecule has 0 aliphatic carbocycles. The van der Waals surface area contributed by atoms with Crippen molar-refractivity contribution in [2.24, 2.45) is 0 Å². The van der Waals surface area contributed by atoms with Gasteiger partial charge in [-0.1, -0.05) is 17.7 Å². The predicted octanol–water partition coefficient (Wildman–Crippen LogP) is 2.42. The standard InChI is InChI=1S/C15H17N3O2/c1-10-6-11(2)15(12(3)7-10)18-14(19)9-20-13-4-5-16-17-8-13/h4-8H,9H2,1-3H3,(H,18,19). The lowest BCUT2D eigenvalue weighted by molar-refractivity contribution is -0.118. The van der Waals surface area contributed by atoms with Gasteiger partial charge >= 0.3 is 0 Å². The molecule has 2 aromatic rings. The minimum Gasteiger partial charge on any atom is -0.482 e. The monoisotopic (exact) mass is 271 g/mol. The van der Waals surface area contributed by atoms with Crippen LogP contribution >= 0.6 is 0 Å². The number of aromatic nitrogens is 2. The number of nitrogens with zero attached hydrogens (tertiary/aromatic N) is 2. The summed E-state index contributed by atoms with van der Waals surface area (Å²) in [6.45, 7) is 5.93. The molecule has 0 spiro atoms. The summed E-state index contributed by atoms with van der Waals surface area (Å²) in [5, 5.41) is 10.2. The van der Waals surface area contributed by atoms with E-state index in [1.807, 2.05) is 32.9 Å². The van der Waals surface area contributed by atoms with Gasteiger partial charge in [0.05, 0.1) is 12.4 Å². The van der Waals surface area contributed by atoms with Crippen LogP contribution in [0.1, 0.15) is 16.7 Å². The van der Waals surface area contributed by atoms with E-state index in [-0.39, 0.29) is 12.5 Å². The predicted molar refractivity (Wildman–Crippen MR) is 76.8 cm³/mol. The van der Waals surface area contributed by atoms with Gasteiger partial charge in [0.25, 0.3) is 5.91 Å². The minimum atomic E-state index is -0.197. The van der Waals surface area contributed by atoms with E-state index >= 15 is 0 Å². The van der Waals surface area contributed by atoms with E-state index in [0.717, 1.165) is 16.8 Å². The Morgan fingerprint density at radius 3 is 2.50 bits per heavy atom. The van der Waals surface area contributed by atoms with Gasteiger partial charge in [-0.05, 0) is 31.9 Å². The first-order valence-corrected chi connectivity index (χ1v) is 6.33. The Labute approximate surface area is 118 Å². The highest BCUT2D eigenvalue weighted by Gasteiger charge is 2.09. The van der Waals surface area contributed by atoms with Crippen LogP contribution in [0, 0.1) is 20.8 Å². The van der Waals surface area contributed by atoms with E-state index < -0.39 is 0 Å². The normalized spacial score (nSPS) is 10.2. The summed E-state index contributed by atoms with van der Waals surface area (Å²) in [6, 6.07) is 5.73. The number of amides is 1. The van der Waals surface area contributed by atoms with E-state index in [1.54, 1.807) is 6.07 Å². The van der Waals surface area contributed by atoms with Gasteiger partial charge < -0.3 is 10.1 Å². The van der Waals surface area contributed by atoms with Crippen molar-refractivity contribution >= 4 is 11.6 Å². The Hall–Kier alpha value is -2.43. The molecule has 0 saturated heterocycles. The molecule has 5 nitrogen and oxygen atoms in total. The smallest absolute Gasteiger partial charge is 0.262 e. The van der Waals surface area contributed by atoms with E-state index in [9.17, 15) is 4.79 Å². The van der Waals surface area contributed by atoms with E-state index in [4.69, 9.17) is 4.74 Å². The molecule has 1 N–H and O–H groups in total. The van der Waals surface area contributed by atoms with Gasteiger partial charge in [-0.3, -0.25) is 4.79 Å². The molecule has 0 aliphatic rings. The SMILES string of the molecule is Cc1cc(C)c(NC(=O)COc2ccnnc2)c(C)c1. The Morgan fingerprint density at radius 2 is 1.90 bits per heavy atom. The number of ether oxygens (including phenoxy) is 1. The molecule has 0 saturated carbocycles. The van der Waals surface area contributed by atoms with Gasteiger partial charge in [0, 0.05) is 11.8 Å². The maximum absolute atomic E-state index is 11.9. The number of benzene rings is 1. The highest BCUT2D eigenvalue weighted by atomic mass is 16.5. The van der Waals surface area contributed by atoms with Gasteiger partial charge in [0.1, 0.15) is 5.75 Å². The molecule has 2 rings (SSSR count). The molecule has 1 heterocycles. The Morgan fingerprint density at radius 1 is 1.20 bits per heavy atom. The van der Waals surface area contributed by atoms with Crippen LogP contribution in [0.15, 0.2) is 30.6 Å². The maximum atomic E-state index is 11.9. The number of nitrogens with one attached hydrogen (secondary N) is 1. The first-order chi connectivity index (χ1) is 9.56. The summed E-state index contributed by atoms with van der Waals surface area (Å²) in [7, 11) is 0. The fourth-order valence-corrected chi connectivity index (χ4v) is 2.07. The zero-order valence-electron chi connectivity index (χ0n) is 11.8. The van der Waals surface area contributed by atoms with Gasteiger partial charge in [-0.25, -0.2) is 0 Å². The van der Waals surface area contributed by atoms with Crippen molar-refractivity contribution in [1.29, 1.82) is 0 Å². The minimum absolute atomic E-state index is 0.0571. The Bertz CT molecular complexity index is 589. The average molecular weight is 271 g/mol. The van der Waals surface area contributed by atoms with Crippen LogP contribution in [-0.2, 0) is 4.79 Å². The zero-order valence-corrected chi connectivity index (χ0v) is 11.8. The van der Waals surface area contributed by atoms with Crippen LogP contribution in [0.5, 0.6) is 5.75 Å². The van der Waals surface area contributed by atoms with Crippen molar-refractivity contribution in [3.63, 3.8) is 0 Å². The molecule has 0 bridgehead atoms. The number of carbonyl (C=O) groups excluding carboxylic acids is 1. The quantitative estimate of drug-likeness (QED) is 0.927. The van der Waals surface area contributed by atoms with Crippen LogP contribution in [0.4, 0.5) is 5.69 Å². The second kappa shape index (κ2) is 6.14.